The zero-order valence-electron chi connectivity index (χ0n) is 9.15. The topological polar surface area (TPSA) is 32.3 Å². The van der Waals surface area contributed by atoms with Gasteiger partial charge in [-0.15, -0.1) is 0 Å². The minimum Gasteiger partial charge on any atom is -0.388 e. The molecule has 1 aromatic rings. The van der Waals surface area contributed by atoms with E-state index in [1.165, 1.54) is 0 Å². The van der Waals surface area contributed by atoms with Crippen LogP contribution in [-0.4, -0.2) is 17.3 Å². The van der Waals surface area contributed by atoms with E-state index in [1.54, 1.807) is 19.1 Å². The van der Waals surface area contributed by atoms with Crippen molar-refractivity contribution in [3.05, 3.63) is 26.7 Å². The number of benzene rings is 1. The van der Waals surface area contributed by atoms with Crippen molar-refractivity contribution in [3.63, 3.8) is 0 Å². The monoisotopic (exact) mass is 325 g/mol. The van der Waals surface area contributed by atoms with Crippen molar-refractivity contribution in [2.24, 2.45) is 0 Å². The standard InChI is InChI=1S/C11H14BrCl2NO/c1-3-11(2,16)6-15-10-8(13)4-7(12)5-9(10)14/h4-5,15-16H,3,6H2,1-2H3. The highest BCUT2D eigenvalue weighted by atomic mass is 79.9. The minimum absolute atomic E-state index is 0.407. The highest BCUT2D eigenvalue weighted by Crippen LogP contribution is 2.34. The van der Waals surface area contributed by atoms with Crippen LogP contribution in [0.4, 0.5) is 5.69 Å². The SMILES string of the molecule is CCC(C)(O)CNc1c(Cl)cc(Br)cc1Cl. The first-order chi connectivity index (χ1) is 7.35. The van der Waals surface area contributed by atoms with Gasteiger partial charge in [0.1, 0.15) is 0 Å². The summed E-state index contributed by atoms with van der Waals surface area (Å²) in [6.45, 7) is 4.09. The molecule has 0 aliphatic carbocycles. The zero-order chi connectivity index (χ0) is 12.3. The van der Waals surface area contributed by atoms with Gasteiger partial charge in [0.2, 0.25) is 0 Å². The van der Waals surface area contributed by atoms with Crippen molar-refractivity contribution in [1.29, 1.82) is 0 Å². The van der Waals surface area contributed by atoms with Crippen molar-refractivity contribution < 1.29 is 5.11 Å². The Kier molecular flexibility index (Phi) is 4.92. The van der Waals surface area contributed by atoms with E-state index in [9.17, 15) is 5.11 Å². The second kappa shape index (κ2) is 5.58. The summed E-state index contributed by atoms with van der Waals surface area (Å²) in [7, 11) is 0. The number of nitrogens with one attached hydrogen (secondary N) is 1. The van der Waals surface area contributed by atoms with E-state index in [4.69, 9.17) is 23.2 Å². The Bertz CT molecular complexity index is 359. The second-order valence-corrected chi connectivity index (χ2v) is 5.68. The Morgan fingerprint density at radius 2 is 1.88 bits per heavy atom. The molecule has 5 heteroatoms. The molecule has 0 radical (unpaired) electrons. The normalized spacial score (nSPS) is 14.6. The van der Waals surface area contributed by atoms with E-state index >= 15 is 0 Å². The van der Waals surface area contributed by atoms with Gasteiger partial charge < -0.3 is 10.4 Å². The molecule has 0 saturated heterocycles. The Hall–Kier alpha value is 0.0400. The third-order valence-electron chi connectivity index (χ3n) is 2.41. The van der Waals surface area contributed by atoms with E-state index in [2.05, 4.69) is 21.2 Å². The number of aliphatic hydroxyl groups is 1. The van der Waals surface area contributed by atoms with Crippen LogP contribution in [0.2, 0.25) is 10.0 Å². The fourth-order valence-electron chi connectivity index (χ4n) is 1.11. The van der Waals surface area contributed by atoms with Crippen LogP contribution in [0.3, 0.4) is 0 Å². The number of halogens is 3. The highest BCUT2D eigenvalue weighted by Gasteiger charge is 2.18. The molecule has 1 rings (SSSR count). The third kappa shape index (κ3) is 3.81. The maximum Gasteiger partial charge on any atom is 0.0788 e. The van der Waals surface area contributed by atoms with Crippen LogP contribution in [0.1, 0.15) is 20.3 Å². The molecule has 1 aromatic carbocycles. The van der Waals surface area contributed by atoms with E-state index in [-0.39, 0.29) is 0 Å². The van der Waals surface area contributed by atoms with Crippen molar-refractivity contribution in [2.75, 3.05) is 11.9 Å². The largest absolute Gasteiger partial charge is 0.388 e. The molecule has 1 unspecified atom stereocenters. The molecule has 0 bridgehead atoms. The average Bonchev–Trinajstić information content (AvgIpc) is 2.16. The van der Waals surface area contributed by atoms with Gasteiger partial charge in [0, 0.05) is 11.0 Å². The fourth-order valence-corrected chi connectivity index (χ4v) is 2.46. The van der Waals surface area contributed by atoms with Crippen LogP contribution in [0, 0.1) is 0 Å². The summed E-state index contributed by atoms with van der Waals surface area (Å²) in [5, 5.41) is 14.0. The quantitative estimate of drug-likeness (QED) is 0.863. The molecule has 0 aromatic heterocycles. The lowest BCUT2D eigenvalue weighted by Crippen LogP contribution is -2.32. The van der Waals surface area contributed by atoms with Gasteiger partial charge in [0.25, 0.3) is 0 Å². The zero-order valence-corrected chi connectivity index (χ0v) is 12.2. The molecular formula is C11H14BrCl2NO. The molecule has 0 saturated carbocycles. The Morgan fingerprint density at radius 1 is 1.38 bits per heavy atom. The van der Waals surface area contributed by atoms with Crippen molar-refractivity contribution in [2.45, 2.75) is 25.9 Å². The summed E-state index contributed by atoms with van der Waals surface area (Å²) in [6, 6.07) is 3.52. The van der Waals surface area contributed by atoms with Gasteiger partial charge in [-0.1, -0.05) is 46.1 Å². The number of rotatable bonds is 4. The maximum absolute atomic E-state index is 9.86. The summed E-state index contributed by atoms with van der Waals surface area (Å²) in [5.41, 5.74) is -0.111. The first-order valence-corrected chi connectivity index (χ1v) is 6.51. The average molecular weight is 327 g/mol. The van der Waals surface area contributed by atoms with Crippen LogP contribution >= 0.6 is 39.1 Å². The van der Waals surface area contributed by atoms with Gasteiger partial charge in [-0.05, 0) is 25.5 Å². The van der Waals surface area contributed by atoms with Gasteiger partial charge in [0.15, 0.2) is 0 Å². The molecule has 0 heterocycles. The first kappa shape index (κ1) is 14.1. The molecule has 0 fully saturated rings. The Balaban J connectivity index is 2.82. The first-order valence-electron chi connectivity index (χ1n) is 4.96. The summed E-state index contributed by atoms with van der Waals surface area (Å²) >= 11 is 15.4. The number of anilines is 1. The molecule has 0 amide bonds. The van der Waals surface area contributed by atoms with Gasteiger partial charge in [-0.2, -0.15) is 0 Å². The third-order valence-corrected chi connectivity index (χ3v) is 3.47. The van der Waals surface area contributed by atoms with Gasteiger partial charge in [-0.25, -0.2) is 0 Å². The predicted molar refractivity (Wildman–Crippen MR) is 73.6 cm³/mol. The predicted octanol–water partition coefficient (Wildman–Crippen LogP) is 4.33. The number of hydrogen-bond acceptors (Lipinski definition) is 2. The van der Waals surface area contributed by atoms with Crippen molar-refractivity contribution in [1.82, 2.24) is 0 Å². The minimum atomic E-state index is -0.764. The smallest absolute Gasteiger partial charge is 0.0788 e. The molecule has 0 spiro atoms. The summed E-state index contributed by atoms with van der Waals surface area (Å²) in [6.07, 6.45) is 0.658. The van der Waals surface area contributed by atoms with E-state index in [1.807, 2.05) is 6.92 Å². The van der Waals surface area contributed by atoms with Crippen LogP contribution in [-0.2, 0) is 0 Å². The highest BCUT2D eigenvalue weighted by molar-refractivity contribution is 9.10. The van der Waals surface area contributed by atoms with Crippen LogP contribution in [0.5, 0.6) is 0 Å². The van der Waals surface area contributed by atoms with Crippen molar-refractivity contribution in [3.8, 4) is 0 Å². The van der Waals surface area contributed by atoms with Gasteiger partial charge in [-0.3, -0.25) is 0 Å². The molecule has 90 valence electrons. The summed E-state index contributed by atoms with van der Waals surface area (Å²) in [5.74, 6) is 0. The van der Waals surface area contributed by atoms with Crippen LogP contribution < -0.4 is 5.32 Å². The summed E-state index contributed by atoms with van der Waals surface area (Å²) in [4.78, 5) is 0. The van der Waals surface area contributed by atoms with E-state index in [0.717, 1.165) is 4.47 Å². The molecule has 16 heavy (non-hydrogen) atoms. The molecule has 1 atom stereocenters. The van der Waals surface area contributed by atoms with E-state index < -0.39 is 5.60 Å². The Morgan fingerprint density at radius 3 is 2.31 bits per heavy atom. The molecule has 2 nitrogen and oxygen atoms in total. The second-order valence-electron chi connectivity index (χ2n) is 3.95. The lowest BCUT2D eigenvalue weighted by Gasteiger charge is -2.23. The fraction of sp³-hybridized carbons (Fsp3) is 0.455. The van der Waals surface area contributed by atoms with Gasteiger partial charge >= 0.3 is 0 Å². The van der Waals surface area contributed by atoms with Crippen LogP contribution in [0.25, 0.3) is 0 Å². The summed E-state index contributed by atoms with van der Waals surface area (Å²) < 4.78 is 0.829. The van der Waals surface area contributed by atoms with Gasteiger partial charge in [0.05, 0.1) is 21.3 Å². The molecular weight excluding hydrogens is 313 g/mol. The Labute approximate surface area is 114 Å². The molecule has 0 aliphatic rings. The maximum atomic E-state index is 9.86. The van der Waals surface area contributed by atoms with E-state index in [0.29, 0.717) is 28.7 Å². The molecule has 0 aliphatic heterocycles. The lowest BCUT2D eigenvalue weighted by atomic mass is 10.0. The lowest BCUT2D eigenvalue weighted by molar-refractivity contribution is 0.0697. The van der Waals surface area contributed by atoms with Crippen LogP contribution in [0.15, 0.2) is 16.6 Å². The number of hydrogen-bond donors (Lipinski definition) is 2. The molecule has 2 N–H and O–H groups in total. The van der Waals surface area contributed by atoms with Crippen molar-refractivity contribution >= 4 is 44.8 Å².